The van der Waals surface area contributed by atoms with Crippen LogP contribution in [0, 0.1) is 0 Å². The standard InChI is InChI=1S/C10H11ClF3NO/c11-8-3-1-7(2-4-8)9(16)5-15-6-10(12,13)14/h1-4,9,15-16H,5-6H2. The molecule has 1 aromatic carbocycles. The second-order valence-electron chi connectivity index (χ2n) is 3.31. The predicted octanol–water partition coefficient (Wildman–Crippen LogP) is 2.53. The summed E-state index contributed by atoms with van der Waals surface area (Å²) in [5.41, 5.74) is 0.527. The van der Waals surface area contributed by atoms with Gasteiger partial charge in [-0.05, 0) is 17.7 Å². The maximum atomic E-state index is 11.8. The van der Waals surface area contributed by atoms with E-state index in [0.29, 0.717) is 10.6 Å². The minimum Gasteiger partial charge on any atom is -0.387 e. The number of hydrogen-bond acceptors (Lipinski definition) is 2. The number of nitrogens with one attached hydrogen (secondary N) is 1. The zero-order chi connectivity index (χ0) is 12.2. The highest BCUT2D eigenvalue weighted by Gasteiger charge is 2.26. The van der Waals surface area contributed by atoms with E-state index in [2.05, 4.69) is 5.32 Å². The molecule has 1 rings (SSSR count). The van der Waals surface area contributed by atoms with E-state index in [1.807, 2.05) is 0 Å². The van der Waals surface area contributed by atoms with E-state index >= 15 is 0 Å². The summed E-state index contributed by atoms with van der Waals surface area (Å²) >= 11 is 5.63. The maximum Gasteiger partial charge on any atom is 0.401 e. The third kappa shape index (κ3) is 4.83. The van der Waals surface area contributed by atoms with Crippen molar-refractivity contribution in [2.75, 3.05) is 13.1 Å². The van der Waals surface area contributed by atoms with Gasteiger partial charge in [0.25, 0.3) is 0 Å². The van der Waals surface area contributed by atoms with Crippen molar-refractivity contribution < 1.29 is 18.3 Å². The van der Waals surface area contributed by atoms with Gasteiger partial charge in [0.15, 0.2) is 0 Å². The van der Waals surface area contributed by atoms with Crippen LogP contribution < -0.4 is 5.32 Å². The second-order valence-corrected chi connectivity index (χ2v) is 3.75. The first-order valence-electron chi connectivity index (χ1n) is 4.59. The zero-order valence-electron chi connectivity index (χ0n) is 8.26. The van der Waals surface area contributed by atoms with Gasteiger partial charge in [-0.1, -0.05) is 23.7 Å². The molecule has 0 bridgehead atoms. The Balaban J connectivity index is 2.41. The largest absolute Gasteiger partial charge is 0.401 e. The molecule has 0 saturated carbocycles. The van der Waals surface area contributed by atoms with Crippen LogP contribution in [0.5, 0.6) is 0 Å². The summed E-state index contributed by atoms with van der Waals surface area (Å²) in [7, 11) is 0. The monoisotopic (exact) mass is 253 g/mol. The lowest BCUT2D eigenvalue weighted by atomic mass is 10.1. The van der Waals surface area contributed by atoms with E-state index < -0.39 is 18.8 Å². The molecule has 2 nitrogen and oxygen atoms in total. The summed E-state index contributed by atoms with van der Waals surface area (Å²) in [6.45, 7) is -1.27. The molecule has 0 heterocycles. The Morgan fingerprint density at radius 3 is 2.31 bits per heavy atom. The molecule has 6 heteroatoms. The van der Waals surface area contributed by atoms with Gasteiger partial charge in [-0.2, -0.15) is 13.2 Å². The Labute approximate surface area is 96.0 Å². The topological polar surface area (TPSA) is 32.3 Å². The Bertz CT molecular complexity index is 326. The summed E-state index contributed by atoms with van der Waals surface area (Å²) in [5, 5.41) is 12.2. The Morgan fingerprint density at radius 2 is 1.81 bits per heavy atom. The van der Waals surface area contributed by atoms with Crippen molar-refractivity contribution in [3.8, 4) is 0 Å². The summed E-state index contributed by atoms with van der Waals surface area (Å²) in [6, 6.07) is 6.29. The highest BCUT2D eigenvalue weighted by Crippen LogP contribution is 2.17. The highest BCUT2D eigenvalue weighted by atomic mass is 35.5. The van der Waals surface area contributed by atoms with E-state index in [-0.39, 0.29) is 6.54 Å². The first kappa shape index (κ1) is 13.3. The Kier molecular flexibility index (Phi) is 4.58. The van der Waals surface area contributed by atoms with Crippen LogP contribution in [-0.4, -0.2) is 24.4 Å². The van der Waals surface area contributed by atoms with Crippen LogP contribution >= 0.6 is 11.6 Å². The summed E-state index contributed by atoms with van der Waals surface area (Å²) < 4.78 is 35.4. The molecular formula is C10H11ClF3NO. The van der Waals surface area contributed by atoms with Gasteiger partial charge < -0.3 is 10.4 Å². The fraction of sp³-hybridized carbons (Fsp3) is 0.400. The van der Waals surface area contributed by atoms with Crippen molar-refractivity contribution in [2.45, 2.75) is 12.3 Å². The number of aliphatic hydroxyl groups is 1. The van der Waals surface area contributed by atoms with E-state index in [4.69, 9.17) is 11.6 Å². The molecule has 16 heavy (non-hydrogen) atoms. The lowest BCUT2D eigenvalue weighted by molar-refractivity contribution is -0.125. The molecule has 0 aliphatic rings. The van der Waals surface area contributed by atoms with Gasteiger partial charge in [-0.25, -0.2) is 0 Å². The van der Waals surface area contributed by atoms with Gasteiger partial charge in [0.05, 0.1) is 12.6 Å². The van der Waals surface area contributed by atoms with Crippen LogP contribution in [0.1, 0.15) is 11.7 Å². The van der Waals surface area contributed by atoms with Crippen LogP contribution in [-0.2, 0) is 0 Å². The second kappa shape index (κ2) is 5.52. The van der Waals surface area contributed by atoms with Gasteiger partial charge in [-0.3, -0.25) is 0 Å². The number of alkyl halides is 3. The zero-order valence-corrected chi connectivity index (χ0v) is 9.02. The molecule has 1 atom stereocenters. The average molecular weight is 254 g/mol. The van der Waals surface area contributed by atoms with Crippen molar-refractivity contribution in [2.24, 2.45) is 0 Å². The highest BCUT2D eigenvalue weighted by molar-refractivity contribution is 6.30. The van der Waals surface area contributed by atoms with Crippen LogP contribution in [0.3, 0.4) is 0 Å². The van der Waals surface area contributed by atoms with Gasteiger partial charge in [0.2, 0.25) is 0 Å². The van der Waals surface area contributed by atoms with Crippen molar-refractivity contribution in [3.05, 3.63) is 34.9 Å². The first-order valence-corrected chi connectivity index (χ1v) is 4.97. The van der Waals surface area contributed by atoms with E-state index in [1.165, 1.54) is 0 Å². The predicted molar refractivity (Wildman–Crippen MR) is 55.3 cm³/mol. The lowest BCUT2D eigenvalue weighted by Crippen LogP contribution is -2.31. The van der Waals surface area contributed by atoms with Crippen molar-refractivity contribution in [3.63, 3.8) is 0 Å². The molecule has 0 aliphatic carbocycles. The van der Waals surface area contributed by atoms with Gasteiger partial charge >= 0.3 is 6.18 Å². The maximum absolute atomic E-state index is 11.8. The molecule has 0 spiro atoms. The number of halogens is 4. The van der Waals surface area contributed by atoms with E-state index in [9.17, 15) is 18.3 Å². The van der Waals surface area contributed by atoms with Gasteiger partial charge in [-0.15, -0.1) is 0 Å². The fourth-order valence-corrected chi connectivity index (χ4v) is 1.28. The molecule has 0 fully saturated rings. The van der Waals surface area contributed by atoms with Crippen molar-refractivity contribution in [1.82, 2.24) is 5.32 Å². The normalized spacial score (nSPS) is 13.8. The summed E-state index contributed by atoms with van der Waals surface area (Å²) in [4.78, 5) is 0. The SMILES string of the molecule is OC(CNCC(F)(F)F)c1ccc(Cl)cc1. The van der Waals surface area contributed by atoms with Crippen molar-refractivity contribution in [1.29, 1.82) is 0 Å². The smallest absolute Gasteiger partial charge is 0.387 e. The minimum atomic E-state index is -4.26. The summed E-state index contributed by atoms with van der Waals surface area (Å²) in [5.74, 6) is 0. The average Bonchev–Trinajstić information content (AvgIpc) is 2.16. The van der Waals surface area contributed by atoms with Gasteiger partial charge in [0.1, 0.15) is 0 Å². The van der Waals surface area contributed by atoms with Gasteiger partial charge in [0, 0.05) is 11.6 Å². The summed E-state index contributed by atoms with van der Waals surface area (Å²) in [6.07, 6.45) is -5.24. The Hall–Kier alpha value is -0.780. The molecule has 0 aliphatic heterocycles. The number of benzene rings is 1. The van der Waals surface area contributed by atoms with E-state index in [0.717, 1.165) is 0 Å². The quantitative estimate of drug-likeness (QED) is 0.864. The van der Waals surface area contributed by atoms with E-state index in [1.54, 1.807) is 24.3 Å². The minimum absolute atomic E-state index is 0.152. The molecule has 0 aromatic heterocycles. The third-order valence-electron chi connectivity index (χ3n) is 1.92. The van der Waals surface area contributed by atoms with Crippen LogP contribution in [0.2, 0.25) is 5.02 Å². The van der Waals surface area contributed by atoms with Crippen LogP contribution in [0.4, 0.5) is 13.2 Å². The fourth-order valence-electron chi connectivity index (χ4n) is 1.15. The van der Waals surface area contributed by atoms with Crippen LogP contribution in [0.15, 0.2) is 24.3 Å². The number of aliphatic hydroxyl groups excluding tert-OH is 1. The van der Waals surface area contributed by atoms with Crippen LogP contribution in [0.25, 0.3) is 0 Å². The molecule has 0 amide bonds. The molecule has 2 N–H and O–H groups in total. The number of rotatable bonds is 4. The molecule has 1 unspecified atom stereocenters. The molecule has 0 saturated heterocycles. The molecule has 90 valence electrons. The molecule has 0 radical (unpaired) electrons. The third-order valence-corrected chi connectivity index (χ3v) is 2.17. The van der Waals surface area contributed by atoms with Crippen molar-refractivity contribution >= 4 is 11.6 Å². The number of hydrogen-bond donors (Lipinski definition) is 2. The lowest BCUT2D eigenvalue weighted by Gasteiger charge is -2.13. The molecule has 1 aromatic rings. The first-order chi connectivity index (χ1) is 7.38. The Morgan fingerprint density at radius 1 is 1.25 bits per heavy atom. The molecular weight excluding hydrogens is 243 g/mol.